The zero-order valence-electron chi connectivity index (χ0n) is 13.0. The molecule has 1 unspecified atom stereocenters. The van der Waals surface area contributed by atoms with Crippen LogP contribution in [0.25, 0.3) is 0 Å². The van der Waals surface area contributed by atoms with E-state index in [1.54, 1.807) is 0 Å². The summed E-state index contributed by atoms with van der Waals surface area (Å²) in [6.45, 7) is 5.01. The summed E-state index contributed by atoms with van der Waals surface area (Å²) in [5, 5.41) is 11.7. The first-order valence-corrected chi connectivity index (χ1v) is 7.26. The monoisotopic (exact) mass is 309 g/mol. The number of nitrogens with one attached hydrogen (secondary N) is 1. The SMILES string of the molecule is CCOCCOCC(=O)NC(CC(=O)O)c1ccccc1C. The van der Waals surface area contributed by atoms with Crippen molar-refractivity contribution in [3.05, 3.63) is 35.4 Å². The average Bonchev–Trinajstić information content (AvgIpc) is 2.46. The van der Waals surface area contributed by atoms with Gasteiger partial charge in [0.05, 0.1) is 25.7 Å². The average molecular weight is 309 g/mol. The Hall–Kier alpha value is -1.92. The lowest BCUT2D eigenvalue weighted by atomic mass is 9.99. The number of aryl methyl sites for hydroxylation is 1. The molecule has 2 N–H and O–H groups in total. The van der Waals surface area contributed by atoms with Crippen molar-refractivity contribution < 1.29 is 24.2 Å². The minimum Gasteiger partial charge on any atom is -0.481 e. The Labute approximate surface area is 130 Å². The molecule has 1 aromatic carbocycles. The lowest BCUT2D eigenvalue weighted by Gasteiger charge is -2.19. The number of carbonyl (C=O) groups excluding carboxylic acids is 1. The lowest BCUT2D eigenvalue weighted by Crippen LogP contribution is -2.33. The Bertz CT molecular complexity index is 489. The van der Waals surface area contributed by atoms with Crippen molar-refractivity contribution >= 4 is 11.9 Å². The predicted octanol–water partition coefficient (Wildman–Crippen LogP) is 1.68. The van der Waals surface area contributed by atoms with Crippen LogP contribution in [0.15, 0.2) is 24.3 Å². The van der Waals surface area contributed by atoms with Gasteiger partial charge in [-0.2, -0.15) is 0 Å². The minimum atomic E-state index is -0.967. The fraction of sp³-hybridized carbons (Fsp3) is 0.500. The van der Waals surface area contributed by atoms with Crippen LogP contribution < -0.4 is 5.32 Å². The molecule has 0 aliphatic carbocycles. The highest BCUT2D eigenvalue weighted by molar-refractivity contribution is 5.79. The molecule has 0 bridgehead atoms. The molecular weight excluding hydrogens is 286 g/mol. The number of carbonyl (C=O) groups is 2. The number of amides is 1. The number of rotatable bonds is 10. The summed E-state index contributed by atoms with van der Waals surface area (Å²) in [5.74, 6) is -1.31. The van der Waals surface area contributed by atoms with E-state index in [1.807, 2.05) is 38.1 Å². The zero-order valence-corrected chi connectivity index (χ0v) is 13.0. The number of aliphatic carboxylic acids is 1. The predicted molar refractivity (Wildman–Crippen MR) is 81.6 cm³/mol. The minimum absolute atomic E-state index is 0.116. The fourth-order valence-electron chi connectivity index (χ4n) is 2.05. The van der Waals surface area contributed by atoms with E-state index in [2.05, 4.69) is 5.32 Å². The van der Waals surface area contributed by atoms with Gasteiger partial charge in [0.1, 0.15) is 6.61 Å². The highest BCUT2D eigenvalue weighted by Gasteiger charge is 2.19. The second-order valence-electron chi connectivity index (χ2n) is 4.82. The van der Waals surface area contributed by atoms with Crippen LogP contribution in [0.5, 0.6) is 0 Å². The van der Waals surface area contributed by atoms with Gasteiger partial charge in [-0.05, 0) is 25.0 Å². The van der Waals surface area contributed by atoms with E-state index in [9.17, 15) is 9.59 Å². The summed E-state index contributed by atoms with van der Waals surface area (Å²) >= 11 is 0. The smallest absolute Gasteiger partial charge is 0.305 e. The first kappa shape index (κ1) is 18.1. The van der Waals surface area contributed by atoms with Crippen molar-refractivity contribution in [2.45, 2.75) is 26.3 Å². The Morgan fingerprint density at radius 2 is 1.91 bits per heavy atom. The Kier molecular flexibility index (Phi) is 8.17. The molecule has 0 fully saturated rings. The number of benzene rings is 1. The van der Waals surface area contributed by atoms with Gasteiger partial charge in [0.25, 0.3) is 0 Å². The Morgan fingerprint density at radius 3 is 2.55 bits per heavy atom. The van der Waals surface area contributed by atoms with Crippen molar-refractivity contribution in [2.75, 3.05) is 26.4 Å². The number of carboxylic acid groups (broad SMARTS) is 1. The van der Waals surface area contributed by atoms with Crippen molar-refractivity contribution in [1.29, 1.82) is 0 Å². The molecular formula is C16H23NO5. The van der Waals surface area contributed by atoms with E-state index in [0.29, 0.717) is 19.8 Å². The van der Waals surface area contributed by atoms with Gasteiger partial charge in [-0.25, -0.2) is 0 Å². The summed E-state index contributed by atoms with van der Waals surface area (Å²) in [5.41, 5.74) is 1.74. The lowest BCUT2D eigenvalue weighted by molar-refractivity contribution is -0.138. The van der Waals surface area contributed by atoms with Crippen LogP contribution in [0.2, 0.25) is 0 Å². The third-order valence-electron chi connectivity index (χ3n) is 3.09. The maximum atomic E-state index is 11.9. The molecule has 0 saturated carbocycles. The molecule has 0 aromatic heterocycles. The topological polar surface area (TPSA) is 84.9 Å². The first-order chi connectivity index (χ1) is 10.5. The molecule has 0 spiro atoms. The highest BCUT2D eigenvalue weighted by Crippen LogP contribution is 2.20. The third kappa shape index (κ3) is 6.69. The van der Waals surface area contributed by atoms with Crippen LogP contribution in [0, 0.1) is 6.92 Å². The molecule has 0 aliphatic rings. The van der Waals surface area contributed by atoms with Crippen LogP contribution in [-0.2, 0) is 19.1 Å². The molecule has 1 amide bonds. The van der Waals surface area contributed by atoms with E-state index < -0.39 is 12.0 Å². The second kappa shape index (κ2) is 9.92. The molecule has 0 aliphatic heterocycles. The molecule has 122 valence electrons. The summed E-state index contributed by atoms with van der Waals surface area (Å²) in [6, 6.07) is 6.83. The summed E-state index contributed by atoms with van der Waals surface area (Å²) in [6.07, 6.45) is -0.171. The van der Waals surface area contributed by atoms with Gasteiger partial charge in [-0.15, -0.1) is 0 Å². The Balaban J connectivity index is 2.56. The molecule has 0 heterocycles. The molecule has 22 heavy (non-hydrogen) atoms. The second-order valence-corrected chi connectivity index (χ2v) is 4.82. The van der Waals surface area contributed by atoms with Crippen molar-refractivity contribution in [3.8, 4) is 0 Å². The number of hydrogen-bond donors (Lipinski definition) is 2. The fourth-order valence-corrected chi connectivity index (χ4v) is 2.05. The van der Waals surface area contributed by atoms with Gasteiger partial charge in [-0.3, -0.25) is 9.59 Å². The summed E-state index contributed by atoms with van der Waals surface area (Å²) in [4.78, 5) is 22.9. The Morgan fingerprint density at radius 1 is 1.23 bits per heavy atom. The molecule has 6 nitrogen and oxygen atoms in total. The largest absolute Gasteiger partial charge is 0.481 e. The van der Waals surface area contributed by atoms with Gasteiger partial charge in [0.2, 0.25) is 5.91 Å². The number of carboxylic acids is 1. The van der Waals surface area contributed by atoms with Crippen LogP contribution in [0.3, 0.4) is 0 Å². The van der Waals surface area contributed by atoms with Crippen molar-refractivity contribution in [2.24, 2.45) is 0 Å². The van der Waals surface area contributed by atoms with E-state index in [0.717, 1.165) is 11.1 Å². The van der Waals surface area contributed by atoms with E-state index >= 15 is 0 Å². The molecule has 6 heteroatoms. The van der Waals surface area contributed by atoms with Gasteiger partial charge >= 0.3 is 5.97 Å². The van der Waals surface area contributed by atoms with Gasteiger partial charge in [-0.1, -0.05) is 24.3 Å². The maximum Gasteiger partial charge on any atom is 0.305 e. The van der Waals surface area contributed by atoms with Crippen LogP contribution in [-0.4, -0.2) is 43.4 Å². The van der Waals surface area contributed by atoms with E-state index in [1.165, 1.54) is 0 Å². The molecule has 1 rings (SSSR count). The van der Waals surface area contributed by atoms with Gasteiger partial charge < -0.3 is 19.9 Å². The van der Waals surface area contributed by atoms with Gasteiger partial charge in [0, 0.05) is 6.61 Å². The standard InChI is InChI=1S/C16H23NO5/c1-3-21-8-9-22-11-15(18)17-14(10-16(19)20)13-7-5-4-6-12(13)2/h4-7,14H,3,8-11H2,1-2H3,(H,17,18)(H,19,20). The highest BCUT2D eigenvalue weighted by atomic mass is 16.5. The van der Waals surface area contributed by atoms with Crippen LogP contribution in [0.4, 0.5) is 0 Å². The quantitative estimate of drug-likeness (QED) is 0.642. The van der Waals surface area contributed by atoms with E-state index in [4.69, 9.17) is 14.6 Å². The van der Waals surface area contributed by atoms with Crippen LogP contribution >= 0.6 is 0 Å². The van der Waals surface area contributed by atoms with E-state index in [-0.39, 0.29) is 18.9 Å². The van der Waals surface area contributed by atoms with Gasteiger partial charge in [0.15, 0.2) is 0 Å². The third-order valence-corrected chi connectivity index (χ3v) is 3.09. The van der Waals surface area contributed by atoms with Crippen molar-refractivity contribution in [3.63, 3.8) is 0 Å². The zero-order chi connectivity index (χ0) is 16.4. The maximum absolute atomic E-state index is 11.9. The number of hydrogen-bond acceptors (Lipinski definition) is 4. The number of ether oxygens (including phenoxy) is 2. The van der Waals surface area contributed by atoms with Crippen LogP contribution in [0.1, 0.15) is 30.5 Å². The molecule has 0 saturated heterocycles. The molecule has 0 radical (unpaired) electrons. The molecule has 1 aromatic rings. The summed E-state index contributed by atoms with van der Waals surface area (Å²) < 4.78 is 10.3. The first-order valence-electron chi connectivity index (χ1n) is 7.26. The van der Waals surface area contributed by atoms with Crippen molar-refractivity contribution in [1.82, 2.24) is 5.32 Å². The normalized spacial score (nSPS) is 11.9. The molecule has 1 atom stereocenters. The summed E-state index contributed by atoms with van der Waals surface area (Å²) in [7, 11) is 0.